The zero-order chi connectivity index (χ0) is 18.7. The monoisotopic (exact) mass is 370 g/mol. The number of carbonyl (C=O) groups is 1. The maximum atomic E-state index is 13.0. The van der Waals surface area contributed by atoms with Crippen LogP contribution in [0.25, 0.3) is 5.69 Å². The van der Waals surface area contributed by atoms with Gasteiger partial charge in [0.05, 0.1) is 5.25 Å². The SMILES string of the molecule is Cc1ccc(-n2c(C)nnc2S[C@H](C)C(=O)Nc2ccc(F)cc2)cc1. The average molecular weight is 370 g/mol. The summed E-state index contributed by atoms with van der Waals surface area (Å²) in [5.41, 5.74) is 2.67. The molecule has 1 heterocycles. The number of hydrogen-bond donors (Lipinski definition) is 1. The van der Waals surface area contributed by atoms with E-state index in [1.807, 2.05) is 42.7 Å². The lowest BCUT2D eigenvalue weighted by molar-refractivity contribution is -0.115. The molecule has 134 valence electrons. The van der Waals surface area contributed by atoms with Crippen LogP contribution in [-0.2, 0) is 4.79 Å². The standard InChI is InChI=1S/C19H19FN4OS/c1-12-4-10-17(11-5-12)24-14(3)22-23-19(24)26-13(2)18(25)21-16-8-6-15(20)7-9-16/h4-11,13H,1-3H3,(H,21,25)/t13-/m1/s1. The fourth-order valence-corrected chi connectivity index (χ4v) is 3.31. The van der Waals surface area contributed by atoms with Crippen molar-refractivity contribution >= 4 is 23.4 Å². The average Bonchev–Trinajstić information content (AvgIpc) is 2.98. The van der Waals surface area contributed by atoms with Gasteiger partial charge in [-0.3, -0.25) is 9.36 Å². The maximum absolute atomic E-state index is 13.0. The third kappa shape index (κ3) is 4.11. The first-order chi connectivity index (χ1) is 12.4. The summed E-state index contributed by atoms with van der Waals surface area (Å²) in [4.78, 5) is 12.4. The van der Waals surface area contributed by atoms with E-state index in [2.05, 4.69) is 15.5 Å². The molecule has 1 aromatic heterocycles. The summed E-state index contributed by atoms with van der Waals surface area (Å²) in [7, 11) is 0. The Morgan fingerprint density at radius 2 is 1.73 bits per heavy atom. The molecule has 0 saturated carbocycles. The Bertz CT molecular complexity index is 906. The van der Waals surface area contributed by atoms with Crippen molar-refractivity contribution in [1.82, 2.24) is 14.8 Å². The number of rotatable bonds is 5. The van der Waals surface area contributed by atoms with E-state index in [1.165, 1.54) is 41.6 Å². The molecule has 0 radical (unpaired) electrons. The van der Waals surface area contributed by atoms with Crippen molar-refractivity contribution in [3.63, 3.8) is 0 Å². The van der Waals surface area contributed by atoms with Gasteiger partial charge in [0.25, 0.3) is 0 Å². The Labute approximate surface area is 155 Å². The second-order valence-electron chi connectivity index (χ2n) is 5.96. The second kappa shape index (κ2) is 7.70. The number of aryl methyl sites for hydroxylation is 2. The molecule has 0 aliphatic heterocycles. The summed E-state index contributed by atoms with van der Waals surface area (Å²) in [5, 5.41) is 11.4. The van der Waals surface area contributed by atoms with Crippen LogP contribution in [0.15, 0.2) is 53.7 Å². The van der Waals surface area contributed by atoms with Crippen LogP contribution in [0.1, 0.15) is 18.3 Å². The smallest absolute Gasteiger partial charge is 0.237 e. The fraction of sp³-hybridized carbons (Fsp3) is 0.211. The largest absolute Gasteiger partial charge is 0.325 e. The molecular weight excluding hydrogens is 351 g/mol. The topological polar surface area (TPSA) is 59.8 Å². The zero-order valence-electron chi connectivity index (χ0n) is 14.7. The molecule has 3 rings (SSSR count). The third-order valence-electron chi connectivity index (χ3n) is 3.85. The van der Waals surface area contributed by atoms with Crippen molar-refractivity contribution in [2.24, 2.45) is 0 Å². The minimum absolute atomic E-state index is 0.183. The van der Waals surface area contributed by atoms with Gasteiger partial charge in [0, 0.05) is 11.4 Å². The Balaban J connectivity index is 1.75. The number of hydrogen-bond acceptors (Lipinski definition) is 4. The number of carbonyl (C=O) groups excluding carboxylic acids is 1. The van der Waals surface area contributed by atoms with Crippen LogP contribution in [0.5, 0.6) is 0 Å². The van der Waals surface area contributed by atoms with E-state index in [-0.39, 0.29) is 11.7 Å². The molecule has 0 fully saturated rings. The molecule has 5 nitrogen and oxygen atoms in total. The van der Waals surface area contributed by atoms with Crippen molar-refractivity contribution in [2.75, 3.05) is 5.32 Å². The summed E-state index contributed by atoms with van der Waals surface area (Å²) in [6, 6.07) is 13.7. The van der Waals surface area contributed by atoms with Crippen LogP contribution in [0.2, 0.25) is 0 Å². The van der Waals surface area contributed by atoms with Crippen molar-refractivity contribution in [2.45, 2.75) is 31.2 Å². The summed E-state index contributed by atoms with van der Waals surface area (Å²) in [6.45, 7) is 5.70. The van der Waals surface area contributed by atoms with Gasteiger partial charge >= 0.3 is 0 Å². The molecule has 1 N–H and O–H groups in total. The number of benzene rings is 2. The summed E-state index contributed by atoms with van der Waals surface area (Å²) in [6.07, 6.45) is 0. The first-order valence-electron chi connectivity index (χ1n) is 8.16. The molecule has 1 atom stereocenters. The lowest BCUT2D eigenvalue weighted by atomic mass is 10.2. The number of anilines is 1. The predicted octanol–water partition coefficient (Wildman–Crippen LogP) is 4.14. The number of halogens is 1. The molecule has 0 aliphatic rings. The highest BCUT2D eigenvalue weighted by atomic mass is 32.2. The fourth-order valence-electron chi connectivity index (χ4n) is 2.40. The van der Waals surface area contributed by atoms with Crippen molar-refractivity contribution in [3.8, 4) is 5.69 Å². The van der Waals surface area contributed by atoms with Crippen LogP contribution >= 0.6 is 11.8 Å². The van der Waals surface area contributed by atoms with Crippen LogP contribution in [-0.4, -0.2) is 25.9 Å². The molecule has 3 aromatic rings. The van der Waals surface area contributed by atoms with Gasteiger partial charge in [0.2, 0.25) is 5.91 Å². The number of nitrogens with zero attached hydrogens (tertiary/aromatic N) is 3. The predicted molar refractivity (Wildman–Crippen MR) is 101 cm³/mol. The number of nitrogens with one attached hydrogen (secondary N) is 1. The Hall–Kier alpha value is -2.67. The minimum Gasteiger partial charge on any atom is -0.325 e. The highest BCUT2D eigenvalue weighted by molar-refractivity contribution is 8.00. The molecule has 1 amide bonds. The van der Waals surface area contributed by atoms with Gasteiger partial charge in [0.15, 0.2) is 5.16 Å². The second-order valence-corrected chi connectivity index (χ2v) is 7.26. The molecule has 0 bridgehead atoms. The van der Waals surface area contributed by atoms with E-state index >= 15 is 0 Å². The molecule has 0 unspecified atom stereocenters. The van der Waals surface area contributed by atoms with E-state index in [4.69, 9.17) is 0 Å². The number of amides is 1. The highest BCUT2D eigenvalue weighted by Crippen LogP contribution is 2.26. The van der Waals surface area contributed by atoms with E-state index < -0.39 is 5.25 Å². The van der Waals surface area contributed by atoms with Gasteiger partial charge in [-0.1, -0.05) is 29.5 Å². The van der Waals surface area contributed by atoms with Crippen molar-refractivity contribution in [3.05, 3.63) is 65.7 Å². The summed E-state index contributed by atoms with van der Waals surface area (Å²) >= 11 is 1.32. The highest BCUT2D eigenvalue weighted by Gasteiger charge is 2.20. The zero-order valence-corrected chi connectivity index (χ0v) is 15.5. The van der Waals surface area contributed by atoms with Gasteiger partial charge in [-0.2, -0.15) is 0 Å². The molecular formula is C19H19FN4OS. The van der Waals surface area contributed by atoms with Gasteiger partial charge in [-0.25, -0.2) is 4.39 Å². The van der Waals surface area contributed by atoms with Gasteiger partial charge in [-0.05, 0) is 57.2 Å². The van der Waals surface area contributed by atoms with Gasteiger partial charge in [-0.15, -0.1) is 10.2 Å². The summed E-state index contributed by atoms with van der Waals surface area (Å²) in [5.74, 6) is 0.229. The van der Waals surface area contributed by atoms with Crippen LogP contribution in [0.4, 0.5) is 10.1 Å². The molecule has 0 saturated heterocycles. The Morgan fingerprint density at radius 1 is 1.08 bits per heavy atom. The lowest BCUT2D eigenvalue weighted by Gasteiger charge is -2.13. The van der Waals surface area contributed by atoms with E-state index in [0.717, 1.165) is 11.5 Å². The maximum Gasteiger partial charge on any atom is 0.237 e. The van der Waals surface area contributed by atoms with E-state index in [1.54, 1.807) is 6.92 Å². The minimum atomic E-state index is -0.396. The van der Waals surface area contributed by atoms with Crippen LogP contribution in [0.3, 0.4) is 0 Å². The third-order valence-corrected chi connectivity index (χ3v) is 4.89. The first-order valence-corrected chi connectivity index (χ1v) is 9.04. The van der Waals surface area contributed by atoms with Gasteiger partial charge < -0.3 is 5.32 Å². The molecule has 0 aliphatic carbocycles. The number of aromatic nitrogens is 3. The molecule has 2 aromatic carbocycles. The molecule has 0 spiro atoms. The van der Waals surface area contributed by atoms with E-state index in [0.29, 0.717) is 10.8 Å². The normalized spacial score (nSPS) is 12.0. The first kappa shape index (κ1) is 18.1. The molecule has 7 heteroatoms. The summed E-state index contributed by atoms with van der Waals surface area (Å²) < 4.78 is 14.9. The van der Waals surface area contributed by atoms with Gasteiger partial charge in [0.1, 0.15) is 11.6 Å². The van der Waals surface area contributed by atoms with Crippen molar-refractivity contribution < 1.29 is 9.18 Å². The van der Waals surface area contributed by atoms with Crippen molar-refractivity contribution in [1.29, 1.82) is 0 Å². The van der Waals surface area contributed by atoms with Crippen LogP contribution in [0, 0.1) is 19.7 Å². The Morgan fingerprint density at radius 3 is 2.38 bits per heavy atom. The van der Waals surface area contributed by atoms with Crippen LogP contribution < -0.4 is 5.32 Å². The lowest BCUT2D eigenvalue weighted by Crippen LogP contribution is -2.22. The molecule has 26 heavy (non-hydrogen) atoms. The Kier molecular flexibility index (Phi) is 5.37. The quantitative estimate of drug-likeness (QED) is 0.686. The number of thioether (sulfide) groups is 1. The van der Waals surface area contributed by atoms with E-state index in [9.17, 15) is 9.18 Å².